The molecular weight excluding hydrogens is 402 g/mol. The second kappa shape index (κ2) is 6.97. The Hall–Kier alpha value is -3.62. The predicted molar refractivity (Wildman–Crippen MR) is 112 cm³/mol. The summed E-state index contributed by atoms with van der Waals surface area (Å²) in [6.45, 7) is 4.98. The Morgan fingerprint density at radius 3 is 2.61 bits per heavy atom. The maximum absolute atomic E-state index is 14.3. The number of hydrogen-bond acceptors (Lipinski definition) is 5. The number of nitrogens with zero attached hydrogens (tertiary/aromatic N) is 6. The number of pyridine rings is 1. The Labute approximate surface area is 176 Å². The van der Waals surface area contributed by atoms with Gasteiger partial charge in [-0.05, 0) is 37.6 Å². The summed E-state index contributed by atoms with van der Waals surface area (Å²) in [5, 5.41) is 4.22. The molecule has 0 N–H and O–H groups in total. The molecule has 1 aliphatic rings. The number of benzene rings is 1. The third-order valence-electron chi connectivity index (χ3n) is 5.92. The van der Waals surface area contributed by atoms with Crippen molar-refractivity contribution in [3.63, 3.8) is 0 Å². The van der Waals surface area contributed by atoms with Gasteiger partial charge >= 0.3 is 5.69 Å². The summed E-state index contributed by atoms with van der Waals surface area (Å²) in [6.07, 6.45) is 2.20. The molecule has 0 radical (unpaired) electrons. The monoisotopic (exact) mass is 422 g/mol. The van der Waals surface area contributed by atoms with Gasteiger partial charge in [0.05, 0.1) is 5.56 Å². The number of hydrogen-bond donors (Lipinski definition) is 0. The SMILES string of the molecule is Cc1c(N2CCc3ncc(-c4c(F)cccc4F)cc3C2)nc2nn(C)c(=O)n2c1C. The van der Waals surface area contributed by atoms with Gasteiger partial charge in [-0.15, -0.1) is 5.10 Å². The minimum atomic E-state index is -0.617. The molecule has 4 heterocycles. The summed E-state index contributed by atoms with van der Waals surface area (Å²) in [5.74, 6) is -0.150. The van der Waals surface area contributed by atoms with Crippen molar-refractivity contribution in [1.29, 1.82) is 0 Å². The van der Waals surface area contributed by atoms with E-state index in [1.807, 2.05) is 13.8 Å². The van der Waals surface area contributed by atoms with E-state index in [0.29, 0.717) is 30.9 Å². The Kier molecular flexibility index (Phi) is 4.35. The van der Waals surface area contributed by atoms with E-state index in [1.54, 1.807) is 13.1 Å². The molecule has 1 aliphatic heterocycles. The van der Waals surface area contributed by atoms with Gasteiger partial charge in [-0.3, -0.25) is 4.98 Å². The van der Waals surface area contributed by atoms with Crippen LogP contribution in [0.15, 0.2) is 35.3 Å². The number of anilines is 1. The first kappa shape index (κ1) is 19.3. The molecule has 9 heteroatoms. The predicted octanol–water partition coefficient (Wildman–Crippen LogP) is 2.95. The fourth-order valence-corrected chi connectivity index (χ4v) is 4.15. The average Bonchev–Trinajstić information content (AvgIpc) is 3.03. The molecule has 0 bridgehead atoms. The van der Waals surface area contributed by atoms with Gasteiger partial charge in [-0.2, -0.15) is 4.98 Å². The molecule has 3 aromatic heterocycles. The van der Waals surface area contributed by atoms with Gasteiger partial charge in [0, 0.05) is 55.3 Å². The minimum absolute atomic E-state index is 0.0747. The highest BCUT2D eigenvalue weighted by Gasteiger charge is 2.24. The van der Waals surface area contributed by atoms with Crippen molar-refractivity contribution in [2.24, 2.45) is 7.05 Å². The van der Waals surface area contributed by atoms with Crippen LogP contribution in [0.4, 0.5) is 14.6 Å². The largest absolute Gasteiger partial charge is 0.351 e. The maximum atomic E-state index is 14.3. The molecule has 0 saturated heterocycles. The fraction of sp³-hybridized carbons (Fsp3) is 0.273. The molecule has 0 atom stereocenters. The molecule has 0 spiro atoms. The van der Waals surface area contributed by atoms with Crippen molar-refractivity contribution in [1.82, 2.24) is 24.1 Å². The molecule has 0 fully saturated rings. The van der Waals surface area contributed by atoms with Gasteiger partial charge in [0.2, 0.25) is 0 Å². The van der Waals surface area contributed by atoms with Crippen LogP contribution in [-0.4, -0.2) is 30.7 Å². The van der Waals surface area contributed by atoms with Gasteiger partial charge in [-0.1, -0.05) is 6.07 Å². The number of rotatable bonds is 2. The van der Waals surface area contributed by atoms with Gasteiger partial charge in [-0.25, -0.2) is 22.7 Å². The summed E-state index contributed by atoms with van der Waals surface area (Å²) in [7, 11) is 1.59. The standard InChI is InChI=1S/C22H20F2N6O/c1-12-13(2)30-21(27-28(3)22(30)31)26-20(12)29-8-7-18-15(11-29)9-14(10-25-18)19-16(23)5-4-6-17(19)24/h4-6,9-10H,7-8,11H2,1-3H3. The fourth-order valence-electron chi connectivity index (χ4n) is 4.15. The second-order valence-corrected chi connectivity index (χ2v) is 7.79. The van der Waals surface area contributed by atoms with E-state index in [2.05, 4.69) is 20.0 Å². The lowest BCUT2D eigenvalue weighted by Crippen LogP contribution is -2.33. The van der Waals surface area contributed by atoms with Crippen LogP contribution in [0.1, 0.15) is 22.5 Å². The van der Waals surface area contributed by atoms with E-state index < -0.39 is 11.6 Å². The van der Waals surface area contributed by atoms with Gasteiger partial charge < -0.3 is 4.90 Å². The molecule has 0 unspecified atom stereocenters. The molecule has 31 heavy (non-hydrogen) atoms. The van der Waals surface area contributed by atoms with Crippen molar-refractivity contribution in [2.45, 2.75) is 26.8 Å². The number of fused-ring (bicyclic) bond motifs is 2. The summed E-state index contributed by atoms with van der Waals surface area (Å²) >= 11 is 0. The summed E-state index contributed by atoms with van der Waals surface area (Å²) in [5.41, 5.74) is 3.56. The lowest BCUT2D eigenvalue weighted by molar-refractivity contribution is 0.589. The van der Waals surface area contributed by atoms with Crippen LogP contribution < -0.4 is 10.6 Å². The van der Waals surface area contributed by atoms with Crippen LogP contribution in [0.2, 0.25) is 0 Å². The minimum Gasteiger partial charge on any atom is -0.351 e. The normalized spacial score (nSPS) is 13.6. The van der Waals surface area contributed by atoms with Crippen LogP contribution in [0, 0.1) is 25.5 Å². The zero-order valence-corrected chi connectivity index (χ0v) is 17.4. The summed E-state index contributed by atoms with van der Waals surface area (Å²) < 4.78 is 31.3. The molecular formula is C22H20F2N6O. The third kappa shape index (κ3) is 2.99. The first-order valence-corrected chi connectivity index (χ1v) is 9.95. The van der Waals surface area contributed by atoms with E-state index >= 15 is 0 Å². The summed E-state index contributed by atoms with van der Waals surface area (Å²) in [6, 6.07) is 5.62. The van der Waals surface area contributed by atoms with Gasteiger partial charge in [0.25, 0.3) is 5.78 Å². The smallest absolute Gasteiger partial charge is 0.351 e. The molecule has 0 amide bonds. The zero-order chi connectivity index (χ0) is 21.9. The maximum Gasteiger partial charge on any atom is 0.351 e. The Morgan fingerprint density at radius 1 is 1.13 bits per heavy atom. The first-order valence-electron chi connectivity index (χ1n) is 9.95. The van der Waals surface area contributed by atoms with E-state index in [-0.39, 0.29) is 11.3 Å². The van der Waals surface area contributed by atoms with Crippen molar-refractivity contribution in [3.8, 4) is 11.1 Å². The van der Waals surface area contributed by atoms with E-state index in [9.17, 15) is 13.6 Å². The molecule has 1 aromatic carbocycles. The van der Waals surface area contributed by atoms with Crippen LogP contribution in [-0.2, 0) is 20.0 Å². The molecule has 5 rings (SSSR count). The van der Waals surface area contributed by atoms with Crippen molar-refractivity contribution < 1.29 is 8.78 Å². The highest BCUT2D eigenvalue weighted by atomic mass is 19.1. The molecule has 0 aliphatic carbocycles. The second-order valence-electron chi connectivity index (χ2n) is 7.79. The van der Waals surface area contributed by atoms with Crippen molar-refractivity contribution in [3.05, 3.63) is 75.1 Å². The van der Waals surface area contributed by atoms with E-state index in [4.69, 9.17) is 0 Å². The van der Waals surface area contributed by atoms with Crippen LogP contribution in [0.25, 0.3) is 16.9 Å². The van der Waals surface area contributed by atoms with Gasteiger partial charge in [0.15, 0.2) is 0 Å². The Bertz CT molecular complexity index is 1390. The summed E-state index contributed by atoms with van der Waals surface area (Å²) in [4.78, 5) is 23.5. The van der Waals surface area contributed by atoms with Crippen molar-refractivity contribution >= 4 is 11.6 Å². The molecule has 4 aromatic rings. The first-order chi connectivity index (χ1) is 14.8. The lowest BCUT2D eigenvalue weighted by Gasteiger charge is -2.31. The Morgan fingerprint density at radius 2 is 1.87 bits per heavy atom. The number of aryl methyl sites for hydroxylation is 2. The third-order valence-corrected chi connectivity index (χ3v) is 5.92. The van der Waals surface area contributed by atoms with E-state index in [1.165, 1.54) is 33.5 Å². The average molecular weight is 422 g/mol. The zero-order valence-electron chi connectivity index (χ0n) is 17.4. The highest BCUT2D eigenvalue weighted by molar-refractivity contribution is 5.65. The van der Waals surface area contributed by atoms with Crippen LogP contribution in [0.5, 0.6) is 0 Å². The number of aromatic nitrogens is 5. The van der Waals surface area contributed by atoms with Crippen molar-refractivity contribution in [2.75, 3.05) is 11.4 Å². The highest BCUT2D eigenvalue weighted by Crippen LogP contribution is 2.31. The quantitative estimate of drug-likeness (QED) is 0.497. The van der Waals surface area contributed by atoms with Gasteiger partial charge in [0.1, 0.15) is 17.5 Å². The van der Waals surface area contributed by atoms with Crippen LogP contribution in [0.3, 0.4) is 0 Å². The topological polar surface area (TPSA) is 68.3 Å². The molecule has 158 valence electrons. The lowest BCUT2D eigenvalue weighted by atomic mass is 9.99. The van der Waals surface area contributed by atoms with E-state index in [0.717, 1.165) is 28.3 Å². The molecule has 0 saturated carbocycles. The number of halogens is 2. The van der Waals surface area contributed by atoms with Crippen LogP contribution >= 0.6 is 0 Å². The molecule has 7 nitrogen and oxygen atoms in total. The Balaban J connectivity index is 1.57.